The lowest BCUT2D eigenvalue weighted by Crippen LogP contribution is -2.25. The third kappa shape index (κ3) is 4.44. The highest BCUT2D eigenvalue weighted by Gasteiger charge is 2.16. The molecule has 1 heterocycles. The Morgan fingerprint density at radius 2 is 1.93 bits per heavy atom. The zero-order chi connectivity index (χ0) is 19.9. The van der Waals surface area contributed by atoms with Crippen molar-refractivity contribution in [3.05, 3.63) is 71.9 Å². The molecule has 0 unspecified atom stereocenters. The van der Waals surface area contributed by atoms with Crippen LogP contribution < -0.4 is 10.1 Å². The first-order valence-electron chi connectivity index (χ1n) is 8.76. The van der Waals surface area contributed by atoms with Crippen LogP contribution in [0.15, 0.2) is 60.8 Å². The van der Waals surface area contributed by atoms with Crippen LogP contribution in [0.4, 0.5) is 5.95 Å². The number of ether oxygens (including phenoxy) is 1. The van der Waals surface area contributed by atoms with Gasteiger partial charge in [-0.25, -0.2) is 15.0 Å². The summed E-state index contributed by atoms with van der Waals surface area (Å²) in [5.74, 6) is 0.847. The summed E-state index contributed by atoms with van der Waals surface area (Å²) in [6.45, 7) is 0.406. The van der Waals surface area contributed by atoms with E-state index < -0.39 is 0 Å². The van der Waals surface area contributed by atoms with Gasteiger partial charge in [0.1, 0.15) is 12.4 Å². The molecule has 0 aliphatic heterocycles. The zero-order valence-corrected chi connectivity index (χ0v) is 16.0. The number of hydroxylamine groups is 2. The van der Waals surface area contributed by atoms with Gasteiger partial charge in [0.05, 0.1) is 12.8 Å². The van der Waals surface area contributed by atoms with Gasteiger partial charge in [-0.15, -0.1) is 0 Å². The van der Waals surface area contributed by atoms with Gasteiger partial charge in [0.2, 0.25) is 5.95 Å². The van der Waals surface area contributed by atoms with Crippen LogP contribution in [0.2, 0.25) is 0 Å². The lowest BCUT2D eigenvalue weighted by molar-refractivity contribution is -0.0756. The van der Waals surface area contributed by atoms with Crippen LogP contribution in [0.3, 0.4) is 0 Å². The summed E-state index contributed by atoms with van der Waals surface area (Å²) in [7, 11) is 4.75. The van der Waals surface area contributed by atoms with Crippen molar-refractivity contribution in [3.63, 3.8) is 0 Å². The van der Waals surface area contributed by atoms with E-state index in [1.54, 1.807) is 44.6 Å². The molecule has 1 amide bonds. The molecule has 7 nitrogen and oxygen atoms in total. The summed E-state index contributed by atoms with van der Waals surface area (Å²) in [5.41, 5.74) is 2.87. The van der Waals surface area contributed by atoms with Crippen LogP contribution >= 0.6 is 0 Å². The quantitative estimate of drug-likeness (QED) is 0.635. The minimum absolute atomic E-state index is 0.263. The van der Waals surface area contributed by atoms with E-state index in [1.165, 1.54) is 12.2 Å². The van der Waals surface area contributed by atoms with E-state index in [0.717, 1.165) is 5.56 Å². The summed E-state index contributed by atoms with van der Waals surface area (Å²) in [5, 5.41) is 4.09. The molecule has 3 aromatic rings. The Balaban J connectivity index is 1.98. The number of carbonyl (C=O) groups is 1. The molecule has 0 spiro atoms. The van der Waals surface area contributed by atoms with E-state index in [4.69, 9.17) is 9.57 Å². The van der Waals surface area contributed by atoms with Crippen LogP contribution in [-0.2, 0) is 11.4 Å². The maximum absolute atomic E-state index is 12.5. The molecule has 28 heavy (non-hydrogen) atoms. The summed E-state index contributed by atoms with van der Waals surface area (Å²) < 4.78 is 6.04. The summed E-state index contributed by atoms with van der Waals surface area (Å²) >= 11 is 0. The standard InChI is InChI=1S/C21H22N4O3/c1-22-21-23-12-11-18(24-21)17-13-16(20(26)25(2)27-3)9-10-19(17)28-14-15-7-5-4-6-8-15/h4-13H,14H2,1-3H3,(H,22,23,24). The Morgan fingerprint density at radius 1 is 1.14 bits per heavy atom. The van der Waals surface area contributed by atoms with E-state index >= 15 is 0 Å². The Hall–Kier alpha value is -3.45. The monoisotopic (exact) mass is 378 g/mol. The van der Waals surface area contributed by atoms with Gasteiger partial charge in [0.15, 0.2) is 0 Å². The predicted molar refractivity (Wildman–Crippen MR) is 107 cm³/mol. The number of amides is 1. The van der Waals surface area contributed by atoms with Crippen molar-refractivity contribution in [2.24, 2.45) is 0 Å². The average Bonchev–Trinajstić information content (AvgIpc) is 2.77. The van der Waals surface area contributed by atoms with Crippen LogP contribution in [0.5, 0.6) is 5.75 Å². The third-order valence-electron chi connectivity index (χ3n) is 4.18. The number of nitrogens with one attached hydrogen (secondary N) is 1. The molecule has 0 radical (unpaired) electrons. The Bertz CT molecular complexity index is 947. The summed E-state index contributed by atoms with van der Waals surface area (Å²) in [6, 6.07) is 16.9. The van der Waals surface area contributed by atoms with Gasteiger partial charge in [-0.3, -0.25) is 9.63 Å². The van der Waals surface area contributed by atoms with Gasteiger partial charge in [0.25, 0.3) is 5.91 Å². The smallest absolute Gasteiger partial charge is 0.277 e. The van der Waals surface area contributed by atoms with Crippen molar-refractivity contribution in [2.75, 3.05) is 26.5 Å². The first-order valence-corrected chi connectivity index (χ1v) is 8.76. The van der Waals surface area contributed by atoms with Crippen LogP contribution in [0.1, 0.15) is 15.9 Å². The molecule has 7 heteroatoms. The Labute approximate surface area is 163 Å². The van der Waals surface area contributed by atoms with Crippen molar-refractivity contribution in [2.45, 2.75) is 6.61 Å². The van der Waals surface area contributed by atoms with Crippen LogP contribution in [-0.4, -0.2) is 42.1 Å². The minimum atomic E-state index is -0.263. The number of hydrogen-bond acceptors (Lipinski definition) is 6. The molecule has 144 valence electrons. The molecule has 2 aromatic carbocycles. The van der Waals surface area contributed by atoms with Crippen molar-refractivity contribution in [1.29, 1.82) is 0 Å². The molecule has 0 saturated carbocycles. The Kier molecular flexibility index (Phi) is 6.18. The molecule has 0 fully saturated rings. The number of carbonyl (C=O) groups excluding carboxylic acids is 1. The number of anilines is 1. The zero-order valence-electron chi connectivity index (χ0n) is 16.0. The second-order valence-corrected chi connectivity index (χ2v) is 5.99. The van der Waals surface area contributed by atoms with Gasteiger partial charge in [0, 0.05) is 31.4 Å². The van der Waals surface area contributed by atoms with E-state index in [1.807, 2.05) is 30.3 Å². The first-order chi connectivity index (χ1) is 13.6. The van der Waals surface area contributed by atoms with Crippen molar-refractivity contribution in [3.8, 4) is 17.0 Å². The van der Waals surface area contributed by atoms with Gasteiger partial charge in [-0.05, 0) is 29.8 Å². The van der Waals surface area contributed by atoms with E-state index in [9.17, 15) is 4.79 Å². The molecule has 1 aromatic heterocycles. The highest BCUT2D eigenvalue weighted by Crippen LogP contribution is 2.31. The molecule has 0 atom stereocenters. The van der Waals surface area contributed by atoms with Crippen molar-refractivity contribution < 1.29 is 14.4 Å². The van der Waals surface area contributed by atoms with E-state index in [0.29, 0.717) is 35.1 Å². The number of rotatable bonds is 7. The van der Waals surface area contributed by atoms with Gasteiger partial charge in [-0.1, -0.05) is 30.3 Å². The second kappa shape index (κ2) is 8.96. The van der Waals surface area contributed by atoms with Crippen LogP contribution in [0.25, 0.3) is 11.3 Å². The largest absolute Gasteiger partial charge is 0.488 e. The highest BCUT2D eigenvalue weighted by atomic mass is 16.7. The Morgan fingerprint density at radius 3 is 2.64 bits per heavy atom. The van der Waals surface area contributed by atoms with Crippen LogP contribution in [0, 0.1) is 0 Å². The predicted octanol–water partition coefficient (Wildman–Crippen LogP) is 3.40. The highest BCUT2D eigenvalue weighted by molar-refractivity contribution is 5.95. The fourth-order valence-corrected chi connectivity index (χ4v) is 2.62. The topological polar surface area (TPSA) is 76.6 Å². The third-order valence-corrected chi connectivity index (χ3v) is 4.18. The molecule has 0 aliphatic carbocycles. The fraction of sp³-hybridized carbons (Fsp3) is 0.190. The maximum atomic E-state index is 12.5. The summed E-state index contributed by atoms with van der Waals surface area (Å²) in [6.07, 6.45) is 1.66. The normalized spacial score (nSPS) is 10.4. The van der Waals surface area contributed by atoms with Crippen molar-refractivity contribution in [1.82, 2.24) is 15.0 Å². The van der Waals surface area contributed by atoms with E-state index in [-0.39, 0.29) is 5.91 Å². The molecule has 1 N–H and O–H groups in total. The molecular weight excluding hydrogens is 356 g/mol. The second-order valence-electron chi connectivity index (χ2n) is 5.99. The SMILES string of the molecule is CNc1nccc(-c2cc(C(=O)N(C)OC)ccc2OCc2ccccc2)n1. The molecule has 3 rings (SSSR count). The maximum Gasteiger partial charge on any atom is 0.277 e. The molecule has 0 bridgehead atoms. The number of benzene rings is 2. The number of aromatic nitrogens is 2. The lowest BCUT2D eigenvalue weighted by Gasteiger charge is -2.16. The number of hydrogen-bond donors (Lipinski definition) is 1. The lowest BCUT2D eigenvalue weighted by atomic mass is 10.1. The minimum Gasteiger partial charge on any atom is -0.488 e. The molecule has 0 saturated heterocycles. The molecule has 0 aliphatic rings. The fourth-order valence-electron chi connectivity index (χ4n) is 2.62. The van der Waals surface area contributed by atoms with Gasteiger partial charge in [-0.2, -0.15) is 0 Å². The number of nitrogens with zero attached hydrogens (tertiary/aromatic N) is 3. The molecular formula is C21H22N4O3. The average molecular weight is 378 g/mol. The van der Waals surface area contributed by atoms with E-state index in [2.05, 4.69) is 15.3 Å². The van der Waals surface area contributed by atoms with Gasteiger partial charge < -0.3 is 10.1 Å². The first kappa shape index (κ1) is 19.3. The van der Waals surface area contributed by atoms with Gasteiger partial charge >= 0.3 is 0 Å². The van der Waals surface area contributed by atoms with Crippen molar-refractivity contribution >= 4 is 11.9 Å². The summed E-state index contributed by atoms with van der Waals surface area (Å²) in [4.78, 5) is 26.1.